The van der Waals surface area contributed by atoms with Crippen molar-refractivity contribution >= 4 is 21.6 Å². The summed E-state index contributed by atoms with van der Waals surface area (Å²) in [6, 6.07) is 13.5. The highest BCUT2D eigenvalue weighted by atomic mass is 79.9. The molecule has 0 aliphatic heterocycles. The molecule has 1 aliphatic carbocycles. The second kappa shape index (κ2) is 5.33. The summed E-state index contributed by atoms with van der Waals surface area (Å²) in [5.74, 6) is 0.558. The standard InChI is InChI=1S/C16H15BrFN/c17-14-7-8-15(18)16(9-14)19-10-11-1-3-12(4-2-11)13-5-6-13/h1-4,7-9,13,19H,5-6,10H2. The fourth-order valence-corrected chi connectivity index (χ4v) is 2.52. The van der Waals surface area contributed by atoms with Crippen LogP contribution in [-0.4, -0.2) is 0 Å². The lowest BCUT2D eigenvalue weighted by Crippen LogP contribution is -2.01. The first-order chi connectivity index (χ1) is 9.22. The SMILES string of the molecule is Fc1ccc(Br)cc1NCc1ccc(C2CC2)cc1. The number of benzene rings is 2. The van der Waals surface area contributed by atoms with E-state index >= 15 is 0 Å². The number of halogens is 2. The van der Waals surface area contributed by atoms with E-state index in [1.54, 1.807) is 12.1 Å². The Balaban J connectivity index is 1.66. The normalized spacial score (nSPS) is 14.4. The molecular weight excluding hydrogens is 305 g/mol. The van der Waals surface area contributed by atoms with Crippen molar-refractivity contribution in [2.75, 3.05) is 5.32 Å². The van der Waals surface area contributed by atoms with Gasteiger partial charge < -0.3 is 5.32 Å². The van der Waals surface area contributed by atoms with Crippen LogP contribution in [0.4, 0.5) is 10.1 Å². The first-order valence-electron chi connectivity index (χ1n) is 6.50. The molecule has 0 amide bonds. The van der Waals surface area contributed by atoms with Crippen LogP contribution >= 0.6 is 15.9 Å². The summed E-state index contributed by atoms with van der Waals surface area (Å²) in [4.78, 5) is 0. The van der Waals surface area contributed by atoms with E-state index in [9.17, 15) is 4.39 Å². The number of rotatable bonds is 4. The molecular formula is C16H15BrFN. The molecule has 98 valence electrons. The van der Waals surface area contributed by atoms with Crippen LogP contribution in [-0.2, 0) is 6.54 Å². The van der Waals surface area contributed by atoms with Crippen molar-refractivity contribution in [3.63, 3.8) is 0 Å². The largest absolute Gasteiger partial charge is 0.379 e. The Bertz CT molecular complexity index is 576. The van der Waals surface area contributed by atoms with Crippen molar-refractivity contribution in [3.8, 4) is 0 Å². The van der Waals surface area contributed by atoms with E-state index in [2.05, 4.69) is 45.5 Å². The molecule has 3 heteroatoms. The lowest BCUT2D eigenvalue weighted by atomic mass is 10.1. The quantitative estimate of drug-likeness (QED) is 0.828. The minimum atomic E-state index is -0.224. The summed E-state index contributed by atoms with van der Waals surface area (Å²) < 4.78 is 14.4. The van der Waals surface area contributed by atoms with Crippen molar-refractivity contribution in [3.05, 3.63) is 63.9 Å². The number of nitrogens with one attached hydrogen (secondary N) is 1. The molecule has 2 aromatic carbocycles. The van der Waals surface area contributed by atoms with Crippen LogP contribution in [0.25, 0.3) is 0 Å². The fourth-order valence-electron chi connectivity index (χ4n) is 2.15. The van der Waals surface area contributed by atoms with Gasteiger partial charge in [0.05, 0.1) is 5.69 Å². The number of hydrogen-bond donors (Lipinski definition) is 1. The Morgan fingerprint density at radius 3 is 2.53 bits per heavy atom. The predicted molar refractivity (Wildman–Crippen MR) is 79.8 cm³/mol. The maximum atomic E-state index is 13.6. The third kappa shape index (κ3) is 3.16. The van der Waals surface area contributed by atoms with Gasteiger partial charge in [-0.15, -0.1) is 0 Å². The second-order valence-electron chi connectivity index (χ2n) is 4.99. The lowest BCUT2D eigenvalue weighted by Gasteiger charge is -2.09. The average molecular weight is 320 g/mol. The zero-order valence-corrected chi connectivity index (χ0v) is 12.1. The van der Waals surface area contributed by atoms with Crippen LogP contribution in [0.3, 0.4) is 0 Å². The first kappa shape index (κ1) is 12.7. The van der Waals surface area contributed by atoms with Crippen molar-refractivity contribution in [2.24, 2.45) is 0 Å². The maximum Gasteiger partial charge on any atom is 0.146 e. The van der Waals surface area contributed by atoms with Crippen LogP contribution in [0.2, 0.25) is 0 Å². The summed E-state index contributed by atoms with van der Waals surface area (Å²) in [5.41, 5.74) is 3.13. The van der Waals surface area contributed by atoms with E-state index in [1.165, 1.54) is 30.0 Å². The minimum Gasteiger partial charge on any atom is -0.379 e. The first-order valence-corrected chi connectivity index (χ1v) is 7.29. The summed E-state index contributed by atoms with van der Waals surface area (Å²) in [5, 5.41) is 3.13. The molecule has 2 aromatic rings. The van der Waals surface area contributed by atoms with Crippen LogP contribution in [0.1, 0.15) is 29.9 Å². The van der Waals surface area contributed by atoms with Gasteiger partial charge >= 0.3 is 0 Å². The Labute approximate surface area is 121 Å². The van der Waals surface area contributed by atoms with Gasteiger partial charge in [0.2, 0.25) is 0 Å². The topological polar surface area (TPSA) is 12.0 Å². The van der Waals surface area contributed by atoms with Gasteiger partial charge in [-0.05, 0) is 48.1 Å². The smallest absolute Gasteiger partial charge is 0.146 e. The van der Waals surface area contributed by atoms with Crippen molar-refractivity contribution < 1.29 is 4.39 Å². The van der Waals surface area contributed by atoms with Gasteiger partial charge in [-0.2, -0.15) is 0 Å². The molecule has 0 unspecified atom stereocenters. The van der Waals surface area contributed by atoms with E-state index in [1.807, 2.05) is 0 Å². The third-order valence-electron chi connectivity index (χ3n) is 3.44. The zero-order valence-electron chi connectivity index (χ0n) is 10.5. The van der Waals surface area contributed by atoms with Crippen LogP contribution < -0.4 is 5.32 Å². The van der Waals surface area contributed by atoms with Gasteiger partial charge in [0.15, 0.2) is 0 Å². The van der Waals surface area contributed by atoms with Crippen LogP contribution in [0.5, 0.6) is 0 Å². The third-order valence-corrected chi connectivity index (χ3v) is 3.93. The van der Waals surface area contributed by atoms with E-state index in [0.717, 1.165) is 10.4 Å². The molecule has 0 bridgehead atoms. The summed E-state index contributed by atoms with van der Waals surface area (Å²) in [6.45, 7) is 0.637. The molecule has 1 nitrogen and oxygen atoms in total. The molecule has 3 rings (SSSR count). The van der Waals surface area contributed by atoms with Gasteiger partial charge in [-0.1, -0.05) is 40.2 Å². The molecule has 0 atom stereocenters. The van der Waals surface area contributed by atoms with Crippen LogP contribution in [0, 0.1) is 5.82 Å². The second-order valence-corrected chi connectivity index (χ2v) is 5.91. The Morgan fingerprint density at radius 1 is 1.11 bits per heavy atom. The molecule has 0 spiro atoms. The summed E-state index contributed by atoms with van der Waals surface area (Å²) >= 11 is 3.35. The fraction of sp³-hybridized carbons (Fsp3) is 0.250. The van der Waals surface area contributed by atoms with E-state index < -0.39 is 0 Å². The molecule has 0 saturated heterocycles. The molecule has 1 fully saturated rings. The highest BCUT2D eigenvalue weighted by Gasteiger charge is 2.22. The summed E-state index contributed by atoms with van der Waals surface area (Å²) in [6.07, 6.45) is 2.64. The van der Waals surface area contributed by atoms with Gasteiger partial charge in [-0.25, -0.2) is 4.39 Å². The molecule has 1 saturated carbocycles. The number of hydrogen-bond acceptors (Lipinski definition) is 1. The molecule has 1 aliphatic rings. The van der Waals surface area contributed by atoms with Crippen molar-refractivity contribution in [1.29, 1.82) is 0 Å². The van der Waals surface area contributed by atoms with Crippen molar-refractivity contribution in [2.45, 2.75) is 25.3 Å². The van der Waals surface area contributed by atoms with Gasteiger partial charge in [0, 0.05) is 11.0 Å². The highest BCUT2D eigenvalue weighted by Crippen LogP contribution is 2.39. The molecule has 0 radical (unpaired) electrons. The van der Waals surface area contributed by atoms with E-state index in [4.69, 9.17) is 0 Å². The molecule has 1 N–H and O–H groups in total. The van der Waals surface area contributed by atoms with Gasteiger partial charge in [0.1, 0.15) is 5.82 Å². The van der Waals surface area contributed by atoms with E-state index in [0.29, 0.717) is 12.2 Å². The average Bonchev–Trinajstić information content (AvgIpc) is 3.25. The molecule has 0 heterocycles. The van der Waals surface area contributed by atoms with Gasteiger partial charge in [-0.3, -0.25) is 0 Å². The summed E-state index contributed by atoms with van der Waals surface area (Å²) in [7, 11) is 0. The van der Waals surface area contributed by atoms with Crippen LogP contribution in [0.15, 0.2) is 46.9 Å². The monoisotopic (exact) mass is 319 g/mol. The lowest BCUT2D eigenvalue weighted by molar-refractivity contribution is 0.630. The molecule has 0 aromatic heterocycles. The Kier molecular flexibility index (Phi) is 3.56. The molecule has 19 heavy (non-hydrogen) atoms. The van der Waals surface area contributed by atoms with E-state index in [-0.39, 0.29) is 5.82 Å². The highest BCUT2D eigenvalue weighted by molar-refractivity contribution is 9.10. The van der Waals surface area contributed by atoms with Crippen molar-refractivity contribution in [1.82, 2.24) is 0 Å². The Morgan fingerprint density at radius 2 is 1.84 bits per heavy atom. The number of anilines is 1. The maximum absolute atomic E-state index is 13.6. The predicted octanol–water partition coefficient (Wildman–Crippen LogP) is 5.08. The van der Waals surface area contributed by atoms with Gasteiger partial charge in [0.25, 0.3) is 0 Å². The Hall–Kier alpha value is -1.35. The minimum absolute atomic E-state index is 0.224. The zero-order chi connectivity index (χ0) is 13.2.